The number of hydrogen-bond donors (Lipinski definition) is 0. The molecule has 0 atom stereocenters. The summed E-state index contributed by atoms with van der Waals surface area (Å²) in [7, 11) is 0. The van der Waals surface area contributed by atoms with Gasteiger partial charge in [0.15, 0.2) is 5.83 Å². The van der Waals surface area contributed by atoms with Crippen LogP contribution in [0.2, 0.25) is 0 Å². The molecule has 1 rings (SSSR count). The SMILES string of the molecule is CC.CC1=CC(C(F)(F)F)=CC=C=C1F. The molecule has 1 aliphatic carbocycles. The molecule has 0 bridgehead atoms. The van der Waals surface area contributed by atoms with Crippen LogP contribution in [0.3, 0.4) is 0 Å². The summed E-state index contributed by atoms with van der Waals surface area (Å²) in [6.45, 7) is 5.26. The minimum atomic E-state index is -4.44. The lowest BCUT2D eigenvalue weighted by Gasteiger charge is -2.06. The summed E-state index contributed by atoms with van der Waals surface area (Å²) < 4.78 is 49.1. The van der Waals surface area contributed by atoms with Gasteiger partial charge in [-0.3, -0.25) is 0 Å². The fourth-order valence-corrected chi connectivity index (χ4v) is 0.839. The van der Waals surface area contributed by atoms with Crippen LogP contribution in [0, 0.1) is 0 Å². The lowest BCUT2D eigenvalue weighted by molar-refractivity contribution is -0.0882. The highest BCUT2D eigenvalue weighted by molar-refractivity contribution is 5.39. The van der Waals surface area contributed by atoms with Crippen LogP contribution in [-0.4, -0.2) is 6.18 Å². The van der Waals surface area contributed by atoms with Crippen molar-refractivity contribution < 1.29 is 17.6 Å². The maximum absolute atomic E-state index is 12.7. The minimum absolute atomic E-state index is 0.0719. The molecule has 0 radical (unpaired) electrons. The highest BCUT2D eigenvalue weighted by Crippen LogP contribution is 2.29. The number of allylic oxidation sites excluding steroid dienone is 5. The first kappa shape index (κ1) is 13.7. The van der Waals surface area contributed by atoms with Gasteiger partial charge in [-0.15, -0.1) is 0 Å². The van der Waals surface area contributed by atoms with E-state index in [1.807, 2.05) is 13.8 Å². The van der Waals surface area contributed by atoms with E-state index in [1.165, 1.54) is 6.92 Å². The van der Waals surface area contributed by atoms with Gasteiger partial charge in [0.25, 0.3) is 0 Å². The van der Waals surface area contributed by atoms with Gasteiger partial charge >= 0.3 is 6.18 Å². The summed E-state index contributed by atoms with van der Waals surface area (Å²) in [6, 6.07) is 0. The van der Waals surface area contributed by atoms with Gasteiger partial charge in [0, 0.05) is 0 Å². The zero-order chi connectivity index (χ0) is 12.1. The highest BCUT2D eigenvalue weighted by atomic mass is 19.4. The third kappa shape index (κ3) is 4.17. The van der Waals surface area contributed by atoms with Gasteiger partial charge in [0.1, 0.15) is 0 Å². The van der Waals surface area contributed by atoms with E-state index >= 15 is 0 Å². The van der Waals surface area contributed by atoms with Gasteiger partial charge in [0.05, 0.1) is 5.57 Å². The monoisotopic (exact) mass is 220 g/mol. The van der Waals surface area contributed by atoms with Crippen molar-refractivity contribution in [1.29, 1.82) is 0 Å². The smallest absolute Gasteiger partial charge is 0.197 e. The molecule has 0 aliphatic heterocycles. The summed E-state index contributed by atoms with van der Waals surface area (Å²) in [6.07, 6.45) is -1.98. The zero-order valence-electron chi connectivity index (χ0n) is 8.74. The van der Waals surface area contributed by atoms with Crippen molar-refractivity contribution in [2.75, 3.05) is 0 Å². The van der Waals surface area contributed by atoms with E-state index in [2.05, 4.69) is 5.73 Å². The summed E-state index contributed by atoms with van der Waals surface area (Å²) >= 11 is 0. The van der Waals surface area contributed by atoms with E-state index in [0.29, 0.717) is 0 Å². The second-order valence-corrected chi connectivity index (χ2v) is 2.57. The van der Waals surface area contributed by atoms with Crippen molar-refractivity contribution >= 4 is 0 Å². The molecule has 0 unspecified atom stereocenters. The topological polar surface area (TPSA) is 0 Å². The van der Waals surface area contributed by atoms with Crippen molar-refractivity contribution in [3.63, 3.8) is 0 Å². The highest BCUT2D eigenvalue weighted by Gasteiger charge is 2.32. The second kappa shape index (κ2) is 5.56. The first-order chi connectivity index (χ1) is 6.91. The predicted molar refractivity (Wildman–Crippen MR) is 51.9 cm³/mol. The molecule has 15 heavy (non-hydrogen) atoms. The lowest BCUT2D eigenvalue weighted by atomic mass is 10.1. The molecule has 0 N–H and O–H groups in total. The van der Waals surface area contributed by atoms with Crippen molar-refractivity contribution in [3.8, 4) is 0 Å². The molecular formula is C11H12F4. The zero-order valence-corrected chi connectivity index (χ0v) is 8.74. The quantitative estimate of drug-likeness (QED) is 0.417. The molecule has 0 aromatic heterocycles. The number of rotatable bonds is 0. The van der Waals surface area contributed by atoms with Crippen LogP contribution in [0.25, 0.3) is 0 Å². The van der Waals surface area contributed by atoms with E-state index in [1.54, 1.807) is 0 Å². The molecule has 0 aromatic carbocycles. The van der Waals surface area contributed by atoms with Crippen LogP contribution in [0.1, 0.15) is 20.8 Å². The minimum Gasteiger partial charge on any atom is -0.197 e. The van der Waals surface area contributed by atoms with Gasteiger partial charge in [-0.05, 0) is 30.7 Å². The number of hydrogen-bond acceptors (Lipinski definition) is 0. The Morgan fingerprint density at radius 2 is 1.73 bits per heavy atom. The summed E-state index contributed by atoms with van der Waals surface area (Å²) in [5.74, 6) is -0.768. The van der Waals surface area contributed by atoms with E-state index in [0.717, 1.165) is 18.2 Å². The van der Waals surface area contributed by atoms with Crippen LogP contribution >= 0.6 is 0 Å². The van der Waals surface area contributed by atoms with Gasteiger partial charge < -0.3 is 0 Å². The van der Waals surface area contributed by atoms with Crippen LogP contribution in [0.5, 0.6) is 0 Å². The largest absolute Gasteiger partial charge is 0.416 e. The average Bonchev–Trinajstić information content (AvgIpc) is 2.32. The van der Waals surface area contributed by atoms with E-state index < -0.39 is 17.6 Å². The molecule has 0 heterocycles. The van der Waals surface area contributed by atoms with Crippen molar-refractivity contribution in [3.05, 3.63) is 40.9 Å². The van der Waals surface area contributed by atoms with Crippen molar-refractivity contribution in [2.24, 2.45) is 0 Å². The molecule has 0 saturated carbocycles. The number of halogens is 4. The molecule has 1 aliphatic rings. The normalized spacial score (nSPS) is 15.5. The standard InChI is InChI=1S/C9H6F4.C2H6/c1-6-5-7(9(11,12)13)3-2-4-8(6)10;1-2/h2-3,5H,1H3;1-2H3. The van der Waals surface area contributed by atoms with Crippen LogP contribution in [0.15, 0.2) is 40.9 Å². The van der Waals surface area contributed by atoms with Gasteiger partial charge in [-0.2, -0.15) is 17.6 Å². The Hall–Kier alpha value is -1.28. The molecule has 0 aromatic rings. The van der Waals surface area contributed by atoms with Crippen LogP contribution in [0.4, 0.5) is 17.6 Å². The lowest BCUT2D eigenvalue weighted by Crippen LogP contribution is -2.09. The summed E-state index contributed by atoms with van der Waals surface area (Å²) in [5, 5.41) is 0. The van der Waals surface area contributed by atoms with Gasteiger partial charge in [-0.1, -0.05) is 19.6 Å². The average molecular weight is 220 g/mol. The summed E-state index contributed by atoms with van der Waals surface area (Å²) in [5.41, 5.74) is 1.13. The molecule has 0 amide bonds. The van der Waals surface area contributed by atoms with Crippen LogP contribution < -0.4 is 0 Å². The maximum Gasteiger partial charge on any atom is 0.416 e. The molecule has 4 heteroatoms. The van der Waals surface area contributed by atoms with E-state index in [9.17, 15) is 17.6 Å². The maximum atomic E-state index is 12.7. The molecule has 0 fully saturated rings. The second-order valence-electron chi connectivity index (χ2n) is 2.57. The Morgan fingerprint density at radius 3 is 2.20 bits per heavy atom. The molecular weight excluding hydrogens is 208 g/mol. The van der Waals surface area contributed by atoms with Crippen LogP contribution in [-0.2, 0) is 0 Å². The van der Waals surface area contributed by atoms with E-state index in [4.69, 9.17) is 0 Å². The number of alkyl halides is 3. The third-order valence-corrected chi connectivity index (χ3v) is 1.52. The van der Waals surface area contributed by atoms with Crippen molar-refractivity contribution in [2.45, 2.75) is 26.9 Å². The Labute approximate surface area is 86.3 Å². The third-order valence-electron chi connectivity index (χ3n) is 1.52. The Balaban J connectivity index is 0.000000921. The van der Waals surface area contributed by atoms with Crippen molar-refractivity contribution in [1.82, 2.24) is 0 Å². The molecule has 0 saturated heterocycles. The Bertz CT molecular complexity index is 336. The fourth-order valence-electron chi connectivity index (χ4n) is 0.839. The Kier molecular flexibility index (Phi) is 5.09. The predicted octanol–water partition coefficient (Wildman–Crippen LogP) is 4.47. The molecule has 0 spiro atoms. The first-order valence-electron chi connectivity index (χ1n) is 4.49. The first-order valence-corrected chi connectivity index (χ1v) is 4.49. The molecule has 84 valence electrons. The van der Waals surface area contributed by atoms with Gasteiger partial charge in [0.2, 0.25) is 0 Å². The Morgan fingerprint density at radius 1 is 1.20 bits per heavy atom. The fraction of sp³-hybridized carbons (Fsp3) is 0.364. The summed E-state index contributed by atoms with van der Waals surface area (Å²) in [4.78, 5) is 0. The molecule has 0 nitrogen and oxygen atoms in total. The van der Waals surface area contributed by atoms with E-state index in [-0.39, 0.29) is 5.57 Å². The van der Waals surface area contributed by atoms with Gasteiger partial charge in [-0.25, -0.2) is 0 Å².